The van der Waals surface area contributed by atoms with Gasteiger partial charge in [-0.25, -0.2) is 12.8 Å². The van der Waals surface area contributed by atoms with Crippen LogP contribution in [0.15, 0.2) is 64.9 Å². The standard InChI is InChI=1S/C21H21FN2O3S/c1-21(2,20(25)24(3)15-16-5-9-18(22)10-6-16)17-7-11-19(12-8-17)28(26,27)14-4-13-23/h4-12,14H,15H2,1-3H3/b14-4+. The molecule has 2 aromatic rings. The quantitative estimate of drug-likeness (QED) is 0.695. The van der Waals surface area contributed by atoms with Crippen molar-refractivity contribution in [1.29, 1.82) is 5.26 Å². The van der Waals surface area contributed by atoms with Gasteiger partial charge in [0.1, 0.15) is 5.82 Å². The van der Waals surface area contributed by atoms with Crippen LogP contribution in [0.3, 0.4) is 0 Å². The molecule has 0 saturated carbocycles. The van der Waals surface area contributed by atoms with Gasteiger partial charge >= 0.3 is 0 Å². The molecule has 2 rings (SSSR count). The van der Waals surface area contributed by atoms with Gasteiger partial charge in [0.25, 0.3) is 0 Å². The van der Waals surface area contributed by atoms with E-state index in [-0.39, 0.29) is 16.6 Å². The lowest BCUT2D eigenvalue weighted by Gasteiger charge is -2.30. The maximum Gasteiger partial charge on any atom is 0.232 e. The van der Waals surface area contributed by atoms with Crippen molar-refractivity contribution in [2.75, 3.05) is 7.05 Å². The van der Waals surface area contributed by atoms with Crippen molar-refractivity contribution in [2.45, 2.75) is 30.7 Å². The number of hydrogen-bond acceptors (Lipinski definition) is 4. The molecule has 0 N–H and O–H groups in total. The first-order valence-electron chi connectivity index (χ1n) is 8.50. The molecule has 1 amide bonds. The SMILES string of the molecule is CN(Cc1ccc(F)cc1)C(=O)C(C)(C)c1ccc(S(=O)(=O)/C=C/C#N)cc1. The lowest BCUT2D eigenvalue weighted by molar-refractivity contribution is -0.135. The van der Waals surface area contributed by atoms with E-state index in [0.29, 0.717) is 12.1 Å². The number of allylic oxidation sites excluding steroid dienone is 1. The molecule has 0 aliphatic carbocycles. The minimum Gasteiger partial charge on any atom is -0.341 e. The highest BCUT2D eigenvalue weighted by Gasteiger charge is 2.32. The Hall–Kier alpha value is -2.98. The number of rotatable bonds is 6. The van der Waals surface area contributed by atoms with E-state index in [1.54, 1.807) is 56.1 Å². The number of benzene rings is 2. The highest BCUT2D eigenvalue weighted by molar-refractivity contribution is 7.94. The van der Waals surface area contributed by atoms with Gasteiger partial charge in [0, 0.05) is 25.1 Å². The van der Waals surface area contributed by atoms with Crippen molar-refractivity contribution in [3.05, 3.63) is 77.0 Å². The van der Waals surface area contributed by atoms with E-state index in [4.69, 9.17) is 5.26 Å². The van der Waals surface area contributed by atoms with Crippen LogP contribution in [0.5, 0.6) is 0 Å². The number of carbonyl (C=O) groups excluding carboxylic acids is 1. The van der Waals surface area contributed by atoms with Crippen molar-refractivity contribution in [1.82, 2.24) is 4.90 Å². The van der Waals surface area contributed by atoms with Crippen LogP contribution in [-0.4, -0.2) is 26.3 Å². The Balaban J connectivity index is 2.20. The van der Waals surface area contributed by atoms with Crippen molar-refractivity contribution >= 4 is 15.7 Å². The van der Waals surface area contributed by atoms with Gasteiger partial charge in [0.15, 0.2) is 0 Å². The molecule has 0 atom stereocenters. The van der Waals surface area contributed by atoms with E-state index >= 15 is 0 Å². The van der Waals surface area contributed by atoms with Gasteiger partial charge < -0.3 is 4.90 Å². The van der Waals surface area contributed by atoms with E-state index in [2.05, 4.69) is 0 Å². The molecule has 0 heterocycles. The van der Waals surface area contributed by atoms with Crippen LogP contribution in [0.4, 0.5) is 4.39 Å². The Morgan fingerprint density at radius 3 is 2.25 bits per heavy atom. The maximum absolute atomic E-state index is 13.0. The number of nitriles is 1. The summed E-state index contributed by atoms with van der Waals surface area (Å²) in [7, 11) is -2.03. The molecule has 0 spiro atoms. The minimum absolute atomic E-state index is 0.0469. The fraction of sp³-hybridized carbons (Fsp3) is 0.238. The topological polar surface area (TPSA) is 78.2 Å². The van der Waals surface area contributed by atoms with Crippen molar-refractivity contribution in [3.63, 3.8) is 0 Å². The summed E-state index contributed by atoms with van der Waals surface area (Å²) in [5, 5.41) is 9.34. The summed E-state index contributed by atoms with van der Waals surface area (Å²) < 4.78 is 37.2. The molecule has 0 aliphatic heterocycles. The third-order valence-corrected chi connectivity index (χ3v) is 5.86. The molecule has 0 aromatic heterocycles. The second kappa shape index (κ2) is 8.36. The number of hydrogen-bond donors (Lipinski definition) is 0. The fourth-order valence-electron chi connectivity index (χ4n) is 2.80. The monoisotopic (exact) mass is 400 g/mol. The van der Waals surface area contributed by atoms with Crippen LogP contribution in [-0.2, 0) is 26.6 Å². The van der Waals surface area contributed by atoms with Crippen LogP contribution >= 0.6 is 0 Å². The van der Waals surface area contributed by atoms with Crippen molar-refractivity contribution in [3.8, 4) is 6.07 Å². The first-order chi connectivity index (χ1) is 13.1. The van der Waals surface area contributed by atoms with Gasteiger partial charge in [-0.2, -0.15) is 5.26 Å². The zero-order chi connectivity index (χ0) is 20.9. The highest BCUT2D eigenvalue weighted by atomic mass is 32.2. The number of carbonyl (C=O) groups is 1. The molecule has 5 nitrogen and oxygen atoms in total. The predicted molar refractivity (Wildman–Crippen MR) is 104 cm³/mol. The lowest BCUT2D eigenvalue weighted by atomic mass is 9.83. The Labute approximate surface area is 164 Å². The van der Waals surface area contributed by atoms with Gasteiger partial charge in [-0.1, -0.05) is 24.3 Å². The third-order valence-electron chi connectivity index (χ3n) is 4.44. The normalized spacial score (nSPS) is 12.0. The molecule has 7 heteroatoms. The van der Waals surface area contributed by atoms with E-state index in [9.17, 15) is 17.6 Å². The summed E-state index contributed by atoms with van der Waals surface area (Å²) >= 11 is 0. The van der Waals surface area contributed by atoms with Gasteiger partial charge in [-0.15, -0.1) is 0 Å². The molecule has 0 radical (unpaired) electrons. The number of halogens is 1. The Bertz CT molecular complexity index is 1020. The summed E-state index contributed by atoms with van der Waals surface area (Å²) in [6.07, 6.45) is 0.904. The summed E-state index contributed by atoms with van der Waals surface area (Å²) in [4.78, 5) is 14.5. The van der Waals surface area contributed by atoms with Gasteiger partial charge in [0.05, 0.1) is 16.4 Å². The summed E-state index contributed by atoms with van der Waals surface area (Å²) in [5.41, 5.74) is 0.574. The fourth-order valence-corrected chi connectivity index (χ4v) is 3.71. The first-order valence-corrected chi connectivity index (χ1v) is 10.0. The molecule has 0 aliphatic rings. The van der Waals surface area contributed by atoms with Crippen molar-refractivity contribution in [2.24, 2.45) is 0 Å². The lowest BCUT2D eigenvalue weighted by Crippen LogP contribution is -2.41. The highest BCUT2D eigenvalue weighted by Crippen LogP contribution is 2.27. The zero-order valence-corrected chi connectivity index (χ0v) is 16.7. The van der Waals surface area contributed by atoms with Crippen LogP contribution in [0.25, 0.3) is 0 Å². The minimum atomic E-state index is -3.69. The average molecular weight is 400 g/mol. The zero-order valence-electron chi connectivity index (χ0n) is 15.9. The van der Waals surface area contributed by atoms with E-state index in [1.807, 2.05) is 0 Å². The molecule has 146 valence electrons. The molecular weight excluding hydrogens is 379 g/mol. The van der Waals surface area contributed by atoms with Crippen LogP contribution in [0.2, 0.25) is 0 Å². The summed E-state index contributed by atoms with van der Waals surface area (Å²) in [5.74, 6) is -0.491. The van der Waals surface area contributed by atoms with Crippen LogP contribution in [0.1, 0.15) is 25.0 Å². The van der Waals surface area contributed by atoms with Crippen molar-refractivity contribution < 1.29 is 17.6 Å². The number of amides is 1. The number of sulfone groups is 1. The van der Waals surface area contributed by atoms with E-state index in [1.165, 1.54) is 24.3 Å². The van der Waals surface area contributed by atoms with Crippen LogP contribution < -0.4 is 0 Å². The average Bonchev–Trinajstić information content (AvgIpc) is 2.67. The summed E-state index contributed by atoms with van der Waals surface area (Å²) in [6, 6.07) is 13.6. The summed E-state index contributed by atoms with van der Waals surface area (Å²) in [6.45, 7) is 3.85. The van der Waals surface area contributed by atoms with E-state index < -0.39 is 15.3 Å². The second-order valence-electron chi connectivity index (χ2n) is 6.91. The maximum atomic E-state index is 13.0. The largest absolute Gasteiger partial charge is 0.341 e. The molecule has 0 bridgehead atoms. The Morgan fingerprint density at radius 2 is 1.71 bits per heavy atom. The van der Waals surface area contributed by atoms with Crippen LogP contribution in [0, 0.1) is 17.1 Å². The van der Waals surface area contributed by atoms with Gasteiger partial charge in [0.2, 0.25) is 15.7 Å². The molecule has 28 heavy (non-hydrogen) atoms. The molecular formula is C21H21FN2O3S. The molecule has 0 fully saturated rings. The molecule has 0 saturated heterocycles. The molecule has 2 aromatic carbocycles. The van der Waals surface area contributed by atoms with Gasteiger partial charge in [-0.3, -0.25) is 4.79 Å². The first kappa shape index (κ1) is 21.3. The number of nitrogens with zero attached hydrogens (tertiary/aromatic N) is 2. The Kier molecular flexibility index (Phi) is 6.37. The van der Waals surface area contributed by atoms with Gasteiger partial charge in [-0.05, 0) is 49.2 Å². The second-order valence-corrected chi connectivity index (χ2v) is 8.75. The Morgan fingerprint density at radius 1 is 1.14 bits per heavy atom. The number of likely N-dealkylation sites (N-methyl/N-ethyl adjacent to an activating group) is 1. The smallest absolute Gasteiger partial charge is 0.232 e. The molecule has 0 unspecified atom stereocenters. The predicted octanol–water partition coefficient (Wildman–Crippen LogP) is 3.57. The van der Waals surface area contributed by atoms with E-state index in [0.717, 1.165) is 17.0 Å². The third kappa shape index (κ3) is 4.84.